The molecule has 0 bridgehead atoms. The zero-order chi connectivity index (χ0) is 10.1. The number of hydrogen-bond acceptors (Lipinski definition) is 3. The monoisotopic (exact) mass is 222 g/mol. The molecule has 2 nitrogen and oxygen atoms in total. The average molecular weight is 222 g/mol. The lowest BCUT2D eigenvalue weighted by Crippen LogP contribution is -2.07. The van der Waals surface area contributed by atoms with E-state index in [0.29, 0.717) is 5.92 Å². The zero-order valence-corrected chi connectivity index (χ0v) is 9.85. The van der Waals surface area contributed by atoms with Crippen LogP contribution in [0.2, 0.25) is 0 Å². The molecule has 2 fully saturated rings. The molecule has 1 saturated heterocycles. The van der Waals surface area contributed by atoms with Gasteiger partial charge in [-0.3, -0.25) is 0 Å². The molecule has 2 heterocycles. The van der Waals surface area contributed by atoms with Crippen molar-refractivity contribution in [1.29, 1.82) is 0 Å². The molecule has 0 aromatic carbocycles. The summed E-state index contributed by atoms with van der Waals surface area (Å²) in [6.07, 6.45) is 6.82. The van der Waals surface area contributed by atoms with Gasteiger partial charge in [-0.25, -0.2) is 4.98 Å². The van der Waals surface area contributed by atoms with Crippen LogP contribution in [0, 0.1) is 0 Å². The summed E-state index contributed by atoms with van der Waals surface area (Å²) in [5, 5.41) is 7.10. The van der Waals surface area contributed by atoms with E-state index in [-0.39, 0.29) is 0 Å². The smallest absolute Gasteiger partial charge is 0.0972 e. The maximum absolute atomic E-state index is 4.85. The average Bonchev–Trinajstić information content (AvgIpc) is 3.02. The summed E-state index contributed by atoms with van der Waals surface area (Å²) >= 11 is 1.88. The van der Waals surface area contributed by atoms with Crippen molar-refractivity contribution in [2.75, 3.05) is 13.1 Å². The maximum Gasteiger partial charge on any atom is 0.0972 e. The van der Waals surface area contributed by atoms with E-state index in [1.807, 2.05) is 11.3 Å². The van der Waals surface area contributed by atoms with Crippen LogP contribution in [0.3, 0.4) is 0 Å². The number of thiazole rings is 1. The van der Waals surface area contributed by atoms with Crippen molar-refractivity contribution >= 4 is 11.3 Å². The van der Waals surface area contributed by atoms with Crippen LogP contribution in [0.25, 0.3) is 0 Å². The molecule has 1 unspecified atom stereocenters. The first kappa shape index (κ1) is 9.79. The Balaban J connectivity index is 1.74. The minimum atomic E-state index is 0.699. The summed E-state index contributed by atoms with van der Waals surface area (Å²) in [5.74, 6) is 1.48. The minimum absolute atomic E-state index is 0.699. The zero-order valence-electron chi connectivity index (χ0n) is 9.04. The molecule has 1 saturated carbocycles. The fraction of sp³-hybridized carbons (Fsp3) is 0.750. The first-order valence-corrected chi connectivity index (χ1v) is 6.97. The lowest BCUT2D eigenvalue weighted by atomic mass is 10.1. The van der Waals surface area contributed by atoms with E-state index in [4.69, 9.17) is 4.98 Å². The summed E-state index contributed by atoms with van der Waals surface area (Å²) in [4.78, 5) is 4.85. The van der Waals surface area contributed by atoms with Crippen LogP contribution in [0.5, 0.6) is 0 Å². The molecule has 3 heteroatoms. The van der Waals surface area contributed by atoms with E-state index in [9.17, 15) is 0 Å². The largest absolute Gasteiger partial charge is 0.316 e. The van der Waals surface area contributed by atoms with Gasteiger partial charge < -0.3 is 5.32 Å². The summed E-state index contributed by atoms with van der Waals surface area (Å²) in [5.41, 5.74) is 1.39. The summed E-state index contributed by atoms with van der Waals surface area (Å²) in [6.45, 7) is 2.31. The molecule has 15 heavy (non-hydrogen) atoms. The summed E-state index contributed by atoms with van der Waals surface area (Å²) in [6, 6.07) is 0. The molecule has 1 aliphatic carbocycles. The topological polar surface area (TPSA) is 24.9 Å². The van der Waals surface area contributed by atoms with Gasteiger partial charge in [-0.2, -0.15) is 0 Å². The Hall–Kier alpha value is -0.410. The Morgan fingerprint density at radius 1 is 1.20 bits per heavy atom. The van der Waals surface area contributed by atoms with Crippen molar-refractivity contribution in [3.8, 4) is 0 Å². The third-order valence-electron chi connectivity index (χ3n) is 3.72. The maximum atomic E-state index is 4.85. The Bertz CT molecular complexity index is 292. The standard InChI is InChI=1S/C12H18N2S/c1-2-4-9(3-1)11-8-15-12(14-11)10-5-6-13-7-10/h8-10,13H,1-7H2. The van der Waals surface area contributed by atoms with Crippen molar-refractivity contribution in [2.24, 2.45) is 0 Å². The van der Waals surface area contributed by atoms with Crippen molar-refractivity contribution in [3.05, 3.63) is 16.1 Å². The Morgan fingerprint density at radius 2 is 2.07 bits per heavy atom. The highest BCUT2D eigenvalue weighted by Crippen LogP contribution is 2.36. The number of nitrogens with zero attached hydrogens (tertiary/aromatic N) is 1. The molecule has 2 aliphatic rings. The van der Waals surface area contributed by atoms with Crippen molar-refractivity contribution in [2.45, 2.75) is 43.9 Å². The predicted molar refractivity (Wildman–Crippen MR) is 63.6 cm³/mol. The molecule has 1 aliphatic heterocycles. The number of hydrogen-bond donors (Lipinski definition) is 1. The van der Waals surface area contributed by atoms with Gasteiger partial charge in [-0.1, -0.05) is 12.8 Å². The molecule has 1 atom stereocenters. The van der Waals surface area contributed by atoms with E-state index in [2.05, 4.69) is 10.7 Å². The molecule has 0 radical (unpaired) electrons. The van der Waals surface area contributed by atoms with Gasteiger partial charge in [0.15, 0.2) is 0 Å². The number of aromatic nitrogens is 1. The van der Waals surface area contributed by atoms with Crippen LogP contribution < -0.4 is 5.32 Å². The fourth-order valence-electron chi connectivity index (χ4n) is 2.76. The molecule has 0 spiro atoms. The molecular weight excluding hydrogens is 204 g/mol. The van der Waals surface area contributed by atoms with Gasteiger partial charge in [-0.05, 0) is 25.8 Å². The Labute approximate surface area is 95.1 Å². The van der Waals surface area contributed by atoms with E-state index in [0.717, 1.165) is 12.5 Å². The van der Waals surface area contributed by atoms with Crippen LogP contribution >= 0.6 is 11.3 Å². The lowest BCUT2D eigenvalue weighted by Gasteiger charge is -2.05. The van der Waals surface area contributed by atoms with Gasteiger partial charge in [0.25, 0.3) is 0 Å². The lowest BCUT2D eigenvalue weighted by molar-refractivity contribution is 0.685. The predicted octanol–water partition coefficient (Wildman–Crippen LogP) is 2.88. The van der Waals surface area contributed by atoms with Crippen LogP contribution in [0.4, 0.5) is 0 Å². The molecule has 0 amide bonds. The second kappa shape index (κ2) is 4.22. The van der Waals surface area contributed by atoms with E-state index in [1.54, 1.807) is 0 Å². The summed E-state index contributed by atoms with van der Waals surface area (Å²) in [7, 11) is 0. The molecule has 82 valence electrons. The Morgan fingerprint density at radius 3 is 2.80 bits per heavy atom. The highest BCUT2D eigenvalue weighted by molar-refractivity contribution is 7.09. The van der Waals surface area contributed by atoms with Gasteiger partial charge in [0.2, 0.25) is 0 Å². The second-order valence-corrected chi connectivity index (χ2v) is 5.67. The van der Waals surface area contributed by atoms with Crippen molar-refractivity contribution in [1.82, 2.24) is 10.3 Å². The number of nitrogens with one attached hydrogen (secondary N) is 1. The fourth-order valence-corrected chi connectivity index (χ4v) is 3.80. The van der Waals surface area contributed by atoms with Gasteiger partial charge in [0.1, 0.15) is 0 Å². The van der Waals surface area contributed by atoms with E-state index < -0.39 is 0 Å². The van der Waals surface area contributed by atoms with Gasteiger partial charge >= 0.3 is 0 Å². The van der Waals surface area contributed by atoms with Gasteiger partial charge in [-0.15, -0.1) is 11.3 Å². The normalized spacial score (nSPS) is 27.6. The van der Waals surface area contributed by atoms with Crippen LogP contribution in [-0.2, 0) is 0 Å². The number of rotatable bonds is 2. The molecule has 3 rings (SSSR count). The van der Waals surface area contributed by atoms with Crippen LogP contribution in [0.15, 0.2) is 5.38 Å². The molecule has 1 aromatic heterocycles. The molecular formula is C12H18N2S. The second-order valence-electron chi connectivity index (χ2n) is 4.78. The Kier molecular flexibility index (Phi) is 2.76. The van der Waals surface area contributed by atoms with Crippen molar-refractivity contribution < 1.29 is 0 Å². The van der Waals surface area contributed by atoms with E-state index in [1.165, 1.54) is 49.4 Å². The van der Waals surface area contributed by atoms with Gasteiger partial charge in [0, 0.05) is 23.8 Å². The summed E-state index contributed by atoms with van der Waals surface area (Å²) < 4.78 is 0. The minimum Gasteiger partial charge on any atom is -0.316 e. The highest BCUT2D eigenvalue weighted by Gasteiger charge is 2.23. The van der Waals surface area contributed by atoms with Crippen LogP contribution in [0.1, 0.15) is 54.6 Å². The molecule has 1 N–H and O–H groups in total. The third-order valence-corrected chi connectivity index (χ3v) is 4.75. The first-order valence-electron chi connectivity index (χ1n) is 6.09. The van der Waals surface area contributed by atoms with Crippen molar-refractivity contribution in [3.63, 3.8) is 0 Å². The third kappa shape index (κ3) is 1.95. The van der Waals surface area contributed by atoms with E-state index >= 15 is 0 Å². The van der Waals surface area contributed by atoms with Gasteiger partial charge in [0.05, 0.1) is 10.7 Å². The quantitative estimate of drug-likeness (QED) is 0.832. The highest BCUT2D eigenvalue weighted by atomic mass is 32.1. The first-order chi connectivity index (χ1) is 7.43. The molecule has 1 aromatic rings. The SMILES string of the molecule is c1sc(C2CCNC2)nc1C1CCCC1. The van der Waals surface area contributed by atoms with Crippen LogP contribution in [-0.4, -0.2) is 18.1 Å².